The van der Waals surface area contributed by atoms with Crippen molar-refractivity contribution in [2.24, 2.45) is 11.8 Å². The minimum atomic E-state index is -1.02. The average Bonchev–Trinajstić information content (AvgIpc) is 3.50. The number of para-hydroxylation sites is 1. The number of thioether (sulfide) groups is 1. The summed E-state index contributed by atoms with van der Waals surface area (Å²) < 4.78 is -0.920. The number of carbonyl (C=O) groups is 3. The molecule has 2 aromatic carbocycles. The number of anilines is 1. The van der Waals surface area contributed by atoms with Crippen LogP contribution in [-0.2, 0) is 20.8 Å². The van der Waals surface area contributed by atoms with Gasteiger partial charge in [0.2, 0.25) is 5.91 Å². The van der Waals surface area contributed by atoms with Gasteiger partial charge in [0.25, 0.3) is 5.91 Å². The first-order valence-electron chi connectivity index (χ1n) is 13.2. The van der Waals surface area contributed by atoms with E-state index < -0.39 is 34.6 Å². The summed E-state index contributed by atoms with van der Waals surface area (Å²) >= 11 is 5.16. The molecular weight excluding hydrogens is 580 g/mol. The highest BCUT2D eigenvalue weighted by Crippen LogP contribution is 2.68. The lowest BCUT2D eigenvalue weighted by molar-refractivity contribution is -0.149. The molecule has 0 saturated carbocycles. The molecule has 3 heterocycles. The van der Waals surface area contributed by atoms with Crippen molar-refractivity contribution in [3.63, 3.8) is 0 Å². The number of fused-ring (bicyclic) bond motifs is 1. The van der Waals surface area contributed by atoms with Gasteiger partial charge in [-0.05, 0) is 43.4 Å². The van der Waals surface area contributed by atoms with E-state index in [0.29, 0.717) is 12.8 Å². The number of aryl methyl sites for hydroxylation is 2. The lowest BCUT2D eigenvalue weighted by Gasteiger charge is -2.40. The number of aliphatic carboxylic acids is 1. The molecule has 0 radical (unpaired) electrons. The quantitative estimate of drug-likeness (QED) is 0.328. The molecule has 9 heteroatoms. The maximum Gasteiger partial charge on any atom is 0.308 e. The van der Waals surface area contributed by atoms with Crippen molar-refractivity contribution in [2.75, 3.05) is 18.1 Å². The lowest BCUT2D eigenvalue weighted by atomic mass is 9.71. The van der Waals surface area contributed by atoms with Crippen LogP contribution < -0.4 is 4.90 Å². The van der Waals surface area contributed by atoms with Crippen LogP contribution in [0.5, 0.6) is 0 Å². The number of hydrogen-bond donors (Lipinski definition) is 2. The highest BCUT2D eigenvalue weighted by molar-refractivity contribution is 9.09. The Bertz CT molecular complexity index is 1290. The number of rotatable bonds is 9. The maximum absolute atomic E-state index is 14.8. The zero-order chi connectivity index (χ0) is 28.1. The Hall–Kier alpha value is -2.62. The van der Waals surface area contributed by atoms with E-state index in [4.69, 9.17) is 0 Å². The number of alkyl halides is 1. The van der Waals surface area contributed by atoms with E-state index >= 15 is 0 Å². The number of nitrogens with zero attached hydrogens (tertiary/aromatic N) is 2. The predicted molar refractivity (Wildman–Crippen MR) is 156 cm³/mol. The van der Waals surface area contributed by atoms with Crippen LogP contribution in [0.2, 0.25) is 0 Å². The highest BCUT2D eigenvalue weighted by Gasteiger charge is 2.76. The summed E-state index contributed by atoms with van der Waals surface area (Å²) in [6.45, 7) is 7.67. The van der Waals surface area contributed by atoms with Gasteiger partial charge in [0.1, 0.15) is 6.04 Å². The number of amides is 2. The van der Waals surface area contributed by atoms with Crippen LogP contribution >= 0.6 is 27.7 Å². The van der Waals surface area contributed by atoms with Crippen LogP contribution in [0.4, 0.5) is 5.69 Å². The van der Waals surface area contributed by atoms with E-state index in [1.54, 1.807) is 11.0 Å². The van der Waals surface area contributed by atoms with E-state index in [0.717, 1.165) is 22.4 Å². The summed E-state index contributed by atoms with van der Waals surface area (Å²) in [5, 5.41) is 20.5. The molecule has 7 nitrogen and oxygen atoms in total. The summed E-state index contributed by atoms with van der Waals surface area (Å²) in [7, 11) is 0. The third-order valence-corrected chi connectivity index (χ3v) is 11.7. The molecule has 39 heavy (non-hydrogen) atoms. The van der Waals surface area contributed by atoms with Crippen molar-refractivity contribution in [1.82, 2.24) is 4.90 Å². The van der Waals surface area contributed by atoms with Crippen molar-refractivity contribution >= 4 is 51.2 Å². The van der Waals surface area contributed by atoms with Crippen molar-refractivity contribution in [3.05, 3.63) is 77.9 Å². The van der Waals surface area contributed by atoms with Crippen LogP contribution in [-0.4, -0.2) is 73.0 Å². The minimum absolute atomic E-state index is 0.141. The summed E-state index contributed by atoms with van der Waals surface area (Å²) in [4.78, 5) is 44.7. The third kappa shape index (κ3) is 4.43. The normalized spacial score (nSPS) is 29.8. The first kappa shape index (κ1) is 27.9. The van der Waals surface area contributed by atoms with Crippen molar-refractivity contribution in [3.8, 4) is 0 Å². The van der Waals surface area contributed by atoms with Crippen LogP contribution in [0.15, 0.2) is 61.2 Å². The molecule has 3 fully saturated rings. The number of carboxylic acid groups (broad SMARTS) is 1. The van der Waals surface area contributed by atoms with Crippen LogP contribution in [0.3, 0.4) is 0 Å². The summed E-state index contributed by atoms with van der Waals surface area (Å²) in [6.07, 6.45) is 2.51. The lowest BCUT2D eigenvalue weighted by Crippen LogP contribution is -2.58. The number of hydrogen-bond acceptors (Lipinski definition) is 5. The van der Waals surface area contributed by atoms with Gasteiger partial charge < -0.3 is 20.0 Å². The van der Waals surface area contributed by atoms with E-state index in [-0.39, 0.29) is 35.0 Å². The second-order valence-electron chi connectivity index (χ2n) is 10.8. The van der Waals surface area contributed by atoms with E-state index in [9.17, 15) is 24.6 Å². The van der Waals surface area contributed by atoms with E-state index in [1.165, 1.54) is 16.7 Å². The minimum Gasteiger partial charge on any atom is -0.481 e. The Morgan fingerprint density at radius 2 is 1.87 bits per heavy atom. The van der Waals surface area contributed by atoms with Crippen LogP contribution in [0, 0.1) is 25.7 Å². The number of carboxylic acids is 1. The van der Waals surface area contributed by atoms with Gasteiger partial charge in [-0.25, -0.2) is 0 Å². The van der Waals surface area contributed by atoms with Gasteiger partial charge in [-0.15, -0.1) is 18.3 Å². The zero-order valence-electron chi connectivity index (χ0n) is 22.0. The second kappa shape index (κ2) is 10.7. The molecule has 7 atom stereocenters. The van der Waals surface area contributed by atoms with E-state index in [2.05, 4.69) is 22.5 Å². The van der Waals surface area contributed by atoms with Crippen molar-refractivity contribution in [1.29, 1.82) is 0 Å². The summed E-state index contributed by atoms with van der Waals surface area (Å²) in [5.74, 6) is -3.41. The van der Waals surface area contributed by atoms with Crippen molar-refractivity contribution in [2.45, 2.75) is 53.6 Å². The predicted octanol–water partition coefficient (Wildman–Crippen LogP) is 3.98. The molecular formula is C30H33BrN2O5S. The highest BCUT2D eigenvalue weighted by atomic mass is 79.9. The molecule has 2 aromatic rings. The van der Waals surface area contributed by atoms with Gasteiger partial charge in [0, 0.05) is 22.3 Å². The van der Waals surface area contributed by atoms with Gasteiger partial charge in [0.05, 0.1) is 29.2 Å². The first-order valence-corrected chi connectivity index (χ1v) is 15.0. The number of likely N-dealkylation sites (tertiary alicyclic amines) is 1. The number of carbonyl (C=O) groups excluding carboxylic acids is 2. The number of aliphatic hydroxyl groups is 1. The van der Waals surface area contributed by atoms with Gasteiger partial charge in [-0.3, -0.25) is 14.4 Å². The Balaban J connectivity index is 1.66. The fraction of sp³-hybridized carbons (Fsp3) is 0.433. The zero-order valence-corrected chi connectivity index (χ0v) is 24.4. The molecule has 2 amide bonds. The maximum atomic E-state index is 14.8. The number of aliphatic hydroxyl groups excluding tert-OH is 1. The number of halogens is 1. The van der Waals surface area contributed by atoms with Crippen molar-refractivity contribution < 1.29 is 24.6 Å². The molecule has 1 spiro atoms. The SMILES string of the molecule is C=CCN(C(=O)C1N([C@@H](CO)Cc2ccccc2)C(=O)[C@@H]2[C@H](C(=O)O)[C@H]3SC12CC3Br)c1c(C)cccc1C. The van der Waals surface area contributed by atoms with Crippen LogP contribution in [0.25, 0.3) is 0 Å². The number of benzene rings is 2. The molecule has 3 aliphatic heterocycles. The topological polar surface area (TPSA) is 98.2 Å². The molecule has 0 aromatic heterocycles. The fourth-order valence-electron chi connectivity index (χ4n) is 6.96. The van der Waals surface area contributed by atoms with Gasteiger partial charge in [-0.1, -0.05) is 70.5 Å². The summed E-state index contributed by atoms with van der Waals surface area (Å²) in [5.41, 5.74) is 3.53. The average molecular weight is 614 g/mol. The molecule has 2 N–H and O–H groups in total. The van der Waals surface area contributed by atoms with Gasteiger partial charge in [0.15, 0.2) is 0 Å². The third-order valence-electron chi connectivity index (χ3n) is 8.45. The standard InChI is InChI=1S/C30H33BrN2O5S/c1-4-13-32(24-17(2)9-8-10-18(24)3)28(36)26-30-15-21(31)25(39-30)22(29(37)38)23(30)27(35)33(26)20(16-34)14-19-11-6-5-7-12-19/h4-12,20-23,25-26,34H,1,13-16H2,2-3H3,(H,37,38)/t20-,21?,22+,23+,25+,26?,30?/m1/s1. The monoisotopic (exact) mass is 612 g/mol. The van der Waals surface area contributed by atoms with E-state index in [1.807, 2.05) is 62.4 Å². The Kier molecular flexibility index (Phi) is 7.70. The summed E-state index contributed by atoms with van der Waals surface area (Å²) in [6, 6.07) is 13.8. The molecule has 3 saturated heterocycles. The Labute approximate surface area is 241 Å². The van der Waals surface area contributed by atoms with Crippen LogP contribution in [0.1, 0.15) is 23.1 Å². The Morgan fingerprint density at radius 3 is 2.46 bits per heavy atom. The first-order chi connectivity index (χ1) is 18.7. The molecule has 3 unspecified atom stereocenters. The molecule has 206 valence electrons. The molecule has 3 aliphatic rings. The van der Waals surface area contributed by atoms with Gasteiger partial charge >= 0.3 is 5.97 Å². The Morgan fingerprint density at radius 1 is 1.21 bits per heavy atom. The largest absolute Gasteiger partial charge is 0.481 e. The van der Waals surface area contributed by atoms with Gasteiger partial charge in [-0.2, -0.15) is 0 Å². The molecule has 0 aliphatic carbocycles. The fourth-order valence-corrected chi connectivity index (χ4v) is 10.5. The molecule has 2 bridgehead atoms. The molecule has 5 rings (SSSR count). The smallest absolute Gasteiger partial charge is 0.308 e. The second-order valence-corrected chi connectivity index (χ2v) is 13.5.